The van der Waals surface area contributed by atoms with E-state index < -0.39 is 10.8 Å². The highest BCUT2D eigenvalue weighted by Crippen LogP contribution is 2.87. The van der Waals surface area contributed by atoms with Crippen LogP contribution in [0, 0.1) is 0 Å². The summed E-state index contributed by atoms with van der Waals surface area (Å²) in [5.41, 5.74) is 16.6. The molecule has 6 heterocycles. The maximum atomic E-state index is 6.03. The van der Waals surface area contributed by atoms with Crippen molar-refractivity contribution in [3.05, 3.63) is 117 Å². The number of nitrogens with zero attached hydrogens (tertiary/aromatic N) is 7. The monoisotopic (exact) mass is 1460 g/mol. The Morgan fingerprint density at radius 3 is 0.983 bits per heavy atom. The number of fused-ring (bicyclic) bond motifs is 20. The molecular formula is C107H47N9. The molecule has 520 valence electrons. The summed E-state index contributed by atoms with van der Waals surface area (Å²) in [6.07, 6.45) is 0. The summed E-state index contributed by atoms with van der Waals surface area (Å²) in [6, 6.07) is 27.5. The fourth-order valence-corrected chi connectivity index (χ4v) is 33.6. The van der Waals surface area contributed by atoms with Gasteiger partial charge in [-0.25, -0.2) is 29.9 Å². The Bertz CT molecular complexity index is 11100. The Labute approximate surface area is 647 Å². The molecule has 1 fully saturated rings. The smallest absolute Gasteiger partial charge is 0.165 e. The van der Waals surface area contributed by atoms with Crippen molar-refractivity contribution in [3.63, 3.8) is 0 Å². The Balaban J connectivity index is 0.703. The topological polar surface area (TPSA) is 112 Å². The van der Waals surface area contributed by atoms with Crippen LogP contribution < -0.4 is 0 Å². The van der Waals surface area contributed by atoms with E-state index in [1.807, 2.05) is 0 Å². The van der Waals surface area contributed by atoms with E-state index in [9.17, 15) is 0 Å². The summed E-state index contributed by atoms with van der Waals surface area (Å²) >= 11 is 0. The molecular weight excluding hydrogens is 1410 g/mol. The number of benzene rings is 21. The molecule has 9 heteroatoms. The zero-order chi connectivity index (χ0) is 73.5. The highest BCUT2D eigenvalue weighted by molar-refractivity contribution is 6.82. The summed E-state index contributed by atoms with van der Waals surface area (Å²) in [4.78, 5) is 45.7. The van der Waals surface area contributed by atoms with Gasteiger partial charge in [0.25, 0.3) is 0 Å². The molecule has 1 saturated heterocycles. The molecule has 0 amide bonds. The normalized spacial score (nSPS) is 19.9. The van der Waals surface area contributed by atoms with Crippen LogP contribution in [0.5, 0.6) is 0 Å². The third kappa shape index (κ3) is 3.76. The molecule has 3 atom stereocenters. The SMILES string of the molecule is CN1CC23c4c5c6c7c8c9c(c%10c%11c2c2c%12c4c4c%13c5c5c7c7c8c8c%14c9c%10c9c%10c%11c2c2c%11c%12c4c4c%12c%13c5c5c7c7c8c8c%14c9c9c%10c2c2c%11c4c4c%12c5c7c5c8c9c2c45)C63C1c1ccc2c(c1)-c1nc-2nc2[nH]c(nc3nc(nc4[nH]c(n1)c1cccc(C(C)(C)C)c41)-c1cccc(C(C)(C)C)c1-3)c1cccc(C(C)(C)C)c21. The predicted molar refractivity (Wildman–Crippen MR) is 481 cm³/mol. The Morgan fingerprint density at radius 2 is 0.569 bits per heavy atom. The molecule has 32 aromatic carbocycles. The van der Waals surface area contributed by atoms with E-state index >= 15 is 0 Å². The number of nitrogens with one attached hydrogen (secondary N) is 2. The van der Waals surface area contributed by atoms with E-state index in [2.05, 4.69) is 157 Å². The lowest BCUT2D eigenvalue weighted by molar-refractivity contribution is 0.272. The standard InChI is InChI=1S/C107H47N9/c1-103(2,3)30-17-11-14-26-33(30)101-111-96(26)109-99-29-22-24(20-21-25(29)95(108-99)110-100-34-27(15-12-18-31(34)104(4,5)6)97(112-100)114-102-35-28(98(113-101)115-102)16-13-19-32(35)105(7,8)9)94-107-92-85-77-65-57-48-39-37-36-38-42(39)51-58-56-47(38)49-45-40(36)43-44-41(37)46-50(48)63(65)71-69-55(46)53(44)61-60-52(43)54(45)68-70-62(49)64(56)76-78-66(58)67(59(51)57)79(77)88(92)87(78)90-83(76)81(70)84-74(68)72(60)80-73(61)75(69)86(82(71)85)93(107)89(80)91(84)106(90,107)23-116(94)10/h11-22,94H,23H2,1-10H3,(H2,108,109,110,111,112,113,114,115). The average molecular weight is 1460 g/mol. The van der Waals surface area contributed by atoms with Gasteiger partial charge in [-0.15, -0.1) is 0 Å². The van der Waals surface area contributed by atoms with Crippen molar-refractivity contribution in [1.29, 1.82) is 0 Å². The Morgan fingerprint density at radius 1 is 0.276 bits per heavy atom. The zero-order valence-electron chi connectivity index (χ0n) is 63.8. The number of likely N-dealkylation sites (N-methyl/N-ethyl adjacent to an activating group) is 1. The second-order valence-corrected chi connectivity index (χ2v) is 42.1. The number of aromatic nitrogens is 8. The third-order valence-electron chi connectivity index (χ3n) is 35.6. The van der Waals surface area contributed by atoms with Crippen LogP contribution in [-0.2, 0) is 27.1 Å². The second-order valence-electron chi connectivity index (χ2n) is 42.1. The first-order valence-corrected chi connectivity index (χ1v) is 42.4. The Hall–Kier alpha value is -13.3. The highest BCUT2D eigenvalue weighted by Gasteiger charge is 2.76. The molecule has 35 aromatic rings. The molecule has 0 saturated carbocycles. The van der Waals surface area contributed by atoms with E-state index in [0.717, 1.165) is 61.6 Å². The molecule has 4 aliphatic carbocycles. The van der Waals surface area contributed by atoms with Crippen LogP contribution in [0.4, 0.5) is 0 Å². The number of likely N-dealkylation sites (tertiary alicyclic amines) is 1. The minimum absolute atomic E-state index is 0.125. The van der Waals surface area contributed by atoms with Crippen LogP contribution in [0.25, 0.3) is 381 Å². The van der Waals surface area contributed by atoms with Crippen molar-refractivity contribution in [3.8, 4) is 45.6 Å². The predicted octanol–water partition coefficient (Wildman–Crippen LogP) is 27.1. The lowest BCUT2D eigenvalue weighted by Crippen LogP contribution is -2.50. The maximum Gasteiger partial charge on any atom is 0.165 e. The van der Waals surface area contributed by atoms with E-state index in [4.69, 9.17) is 29.9 Å². The molecule has 9 nitrogen and oxygen atoms in total. The van der Waals surface area contributed by atoms with Gasteiger partial charge in [-0.2, -0.15) is 0 Å². The van der Waals surface area contributed by atoms with Gasteiger partial charge in [-0.1, -0.05) is 129 Å². The van der Waals surface area contributed by atoms with Crippen molar-refractivity contribution < 1.29 is 0 Å². The van der Waals surface area contributed by atoms with E-state index in [1.165, 1.54) is 22.3 Å². The third-order valence-corrected chi connectivity index (χ3v) is 35.6. The van der Waals surface area contributed by atoms with Gasteiger partial charge >= 0.3 is 0 Å². The average Bonchev–Trinajstić information content (AvgIpc) is 1.38. The number of hydrogen-bond donors (Lipinski definition) is 2. The van der Waals surface area contributed by atoms with Crippen molar-refractivity contribution in [2.45, 2.75) is 95.4 Å². The summed E-state index contributed by atoms with van der Waals surface area (Å²) in [7, 11) is 2.58. The molecule has 116 heavy (non-hydrogen) atoms. The minimum atomic E-state index is -0.578. The zero-order valence-corrected chi connectivity index (χ0v) is 63.8. The van der Waals surface area contributed by atoms with Gasteiger partial charge in [-0.05, 0) is 365 Å². The quantitative estimate of drug-likeness (QED) is 0.157. The van der Waals surface area contributed by atoms with Crippen LogP contribution in [-0.4, -0.2) is 58.4 Å². The highest BCUT2D eigenvalue weighted by atomic mass is 15.2. The maximum absolute atomic E-state index is 6.03. The van der Waals surface area contributed by atoms with Crippen molar-refractivity contribution in [2.75, 3.05) is 13.6 Å². The van der Waals surface area contributed by atoms with Crippen molar-refractivity contribution >= 4 is 335 Å². The summed E-state index contributed by atoms with van der Waals surface area (Å²) < 4.78 is 0. The molecule has 3 aliphatic heterocycles. The van der Waals surface area contributed by atoms with E-state index in [-0.39, 0.29) is 22.3 Å². The second kappa shape index (κ2) is 13.4. The summed E-state index contributed by atoms with van der Waals surface area (Å²) in [5, 5.41) is 91.5. The van der Waals surface area contributed by atoms with Gasteiger partial charge in [0.2, 0.25) is 0 Å². The molecule has 0 radical (unpaired) electrons. The number of hydrogen-bond acceptors (Lipinski definition) is 7. The Kier molecular flexibility index (Phi) is 6.00. The fraction of sp³-hybridized carbons (Fsp3) is 0.159. The van der Waals surface area contributed by atoms with E-state index in [1.54, 1.807) is 313 Å². The van der Waals surface area contributed by atoms with Gasteiger partial charge in [0.1, 0.15) is 22.6 Å². The summed E-state index contributed by atoms with van der Waals surface area (Å²) in [5.74, 6) is 2.52. The molecule has 2 N–H and O–H groups in total. The van der Waals surface area contributed by atoms with Crippen LogP contribution in [0.3, 0.4) is 0 Å². The van der Waals surface area contributed by atoms with Crippen LogP contribution in [0.1, 0.15) is 113 Å². The molecule has 3 aromatic heterocycles. The lowest BCUT2D eigenvalue weighted by Gasteiger charge is -2.50. The first-order valence-electron chi connectivity index (χ1n) is 42.4. The molecule has 2 spiro atoms. The first-order chi connectivity index (χ1) is 56.5. The number of aromatic amines is 2. The lowest BCUT2D eigenvalue weighted by atomic mass is 9.49. The van der Waals surface area contributed by atoms with Crippen molar-refractivity contribution in [1.82, 2.24) is 44.8 Å². The molecule has 8 bridgehead atoms. The largest absolute Gasteiger partial charge is 0.324 e. The van der Waals surface area contributed by atoms with Gasteiger partial charge in [0.05, 0.1) is 10.8 Å². The van der Waals surface area contributed by atoms with Gasteiger partial charge < -0.3 is 9.97 Å². The first kappa shape index (κ1) is 52.1. The summed E-state index contributed by atoms with van der Waals surface area (Å²) in [6.45, 7) is 21.6. The van der Waals surface area contributed by atoms with Gasteiger partial charge in [-0.3, -0.25) is 4.90 Å². The van der Waals surface area contributed by atoms with Crippen LogP contribution in [0.15, 0.2) is 72.8 Å². The fourth-order valence-electron chi connectivity index (χ4n) is 33.6. The van der Waals surface area contributed by atoms with E-state index in [0.29, 0.717) is 34.6 Å². The molecule has 7 aliphatic rings. The number of rotatable bonds is 1. The van der Waals surface area contributed by atoms with Gasteiger partial charge in [0, 0.05) is 56.4 Å². The van der Waals surface area contributed by atoms with Crippen LogP contribution in [0.2, 0.25) is 0 Å². The van der Waals surface area contributed by atoms with Gasteiger partial charge in [0.15, 0.2) is 23.3 Å². The van der Waals surface area contributed by atoms with Crippen molar-refractivity contribution in [2.24, 2.45) is 0 Å². The molecule has 42 rings (SSSR count). The number of H-pyrrole nitrogens is 2. The van der Waals surface area contributed by atoms with Crippen LogP contribution >= 0.6 is 0 Å². The minimum Gasteiger partial charge on any atom is -0.324 e. The molecule has 3 unspecified atom stereocenters.